The zero-order valence-electron chi connectivity index (χ0n) is 11.0. The first-order valence-electron chi connectivity index (χ1n) is 6.47. The van der Waals surface area contributed by atoms with Crippen molar-refractivity contribution in [3.63, 3.8) is 0 Å². The van der Waals surface area contributed by atoms with E-state index in [0.29, 0.717) is 18.5 Å². The fraction of sp³-hybridized carbons (Fsp3) is 0.357. The summed E-state index contributed by atoms with van der Waals surface area (Å²) in [6, 6.07) is 4.77. The highest BCUT2D eigenvalue weighted by molar-refractivity contribution is 6.03. The number of ether oxygens (including phenoxy) is 1. The molecule has 0 aromatic heterocycles. The second-order valence-electron chi connectivity index (χ2n) is 4.86. The third-order valence-electron chi connectivity index (χ3n) is 3.75. The predicted molar refractivity (Wildman–Crippen MR) is 70.0 cm³/mol. The second-order valence-corrected chi connectivity index (χ2v) is 4.86. The topological polar surface area (TPSA) is 75.7 Å². The van der Waals surface area contributed by atoms with Gasteiger partial charge in [0.1, 0.15) is 6.04 Å². The summed E-state index contributed by atoms with van der Waals surface area (Å²) in [5, 5.41) is 3.04. The zero-order chi connectivity index (χ0) is 14.3. The van der Waals surface area contributed by atoms with E-state index in [2.05, 4.69) is 10.1 Å². The van der Waals surface area contributed by atoms with Crippen molar-refractivity contribution in [3.8, 4) is 0 Å². The van der Waals surface area contributed by atoms with E-state index in [1.807, 2.05) is 6.07 Å². The Hall–Kier alpha value is -2.37. The number of amides is 1. The van der Waals surface area contributed by atoms with E-state index < -0.39 is 18.0 Å². The highest BCUT2D eigenvalue weighted by atomic mass is 16.6. The molecule has 1 amide bonds. The number of cyclic esters (lactones) is 2. The zero-order valence-corrected chi connectivity index (χ0v) is 11.0. The lowest BCUT2D eigenvalue weighted by molar-refractivity contribution is -0.167. The van der Waals surface area contributed by atoms with E-state index in [4.69, 9.17) is 0 Å². The summed E-state index contributed by atoms with van der Waals surface area (Å²) in [4.78, 5) is 36.8. The summed E-state index contributed by atoms with van der Waals surface area (Å²) < 4.78 is 4.63. The first-order chi connectivity index (χ1) is 9.61. The van der Waals surface area contributed by atoms with Gasteiger partial charge in [-0.2, -0.15) is 0 Å². The average Bonchev–Trinajstić information content (AvgIpc) is 2.76. The standard InChI is InChI=1S/C14H14N2O4/c1-15-10-4-2-3-8-9(10)7-16(13(8)18)11-5-6-12(17)20-14(11)19/h2-4,11,15H,5-7H2,1H3. The van der Waals surface area contributed by atoms with E-state index in [9.17, 15) is 14.4 Å². The molecule has 1 saturated heterocycles. The van der Waals surface area contributed by atoms with Crippen LogP contribution in [0.3, 0.4) is 0 Å². The van der Waals surface area contributed by atoms with Crippen molar-refractivity contribution in [3.05, 3.63) is 29.3 Å². The molecule has 2 heterocycles. The number of rotatable bonds is 2. The van der Waals surface area contributed by atoms with Crippen molar-refractivity contribution in [2.75, 3.05) is 12.4 Å². The van der Waals surface area contributed by atoms with Gasteiger partial charge in [-0.3, -0.25) is 9.59 Å². The predicted octanol–water partition coefficient (Wildman–Crippen LogP) is 0.916. The first-order valence-corrected chi connectivity index (χ1v) is 6.47. The molecule has 0 bridgehead atoms. The van der Waals surface area contributed by atoms with Gasteiger partial charge in [-0.05, 0) is 18.6 Å². The average molecular weight is 274 g/mol. The van der Waals surface area contributed by atoms with Crippen LogP contribution < -0.4 is 5.32 Å². The van der Waals surface area contributed by atoms with E-state index in [1.165, 1.54) is 4.90 Å². The highest BCUT2D eigenvalue weighted by Crippen LogP contribution is 2.32. The molecule has 2 aliphatic rings. The SMILES string of the molecule is CNc1cccc2c1CN(C1CCC(=O)OC1=O)C2=O. The Labute approximate surface area is 115 Å². The number of esters is 2. The number of nitrogens with zero attached hydrogens (tertiary/aromatic N) is 1. The van der Waals surface area contributed by atoms with E-state index in [0.717, 1.165) is 11.3 Å². The Bertz CT molecular complexity index is 611. The van der Waals surface area contributed by atoms with Crippen LogP contribution in [0.4, 0.5) is 5.69 Å². The Morgan fingerprint density at radius 3 is 2.80 bits per heavy atom. The van der Waals surface area contributed by atoms with Gasteiger partial charge in [-0.15, -0.1) is 0 Å². The number of carbonyl (C=O) groups excluding carboxylic acids is 3. The molecule has 1 fully saturated rings. The van der Waals surface area contributed by atoms with Crippen LogP contribution in [0.15, 0.2) is 18.2 Å². The van der Waals surface area contributed by atoms with Crippen LogP contribution in [-0.2, 0) is 20.9 Å². The number of benzene rings is 1. The molecular formula is C14H14N2O4. The molecule has 6 heteroatoms. The summed E-state index contributed by atoms with van der Waals surface area (Å²) >= 11 is 0. The smallest absolute Gasteiger partial charge is 0.336 e. The Balaban J connectivity index is 1.90. The first kappa shape index (κ1) is 12.7. The maximum Gasteiger partial charge on any atom is 0.336 e. The minimum Gasteiger partial charge on any atom is -0.392 e. The van der Waals surface area contributed by atoms with Crippen molar-refractivity contribution in [2.24, 2.45) is 0 Å². The number of hydrogen-bond donors (Lipinski definition) is 1. The van der Waals surface area contributed by atoms with Crippen LogP contribution in [0, 0.1) is 0 Å². The fourth-order valence-electron chi connectivity index (χ4n) is 2.73. The van der Waals surface area contributed by atoms with Gasteiger partial charge >= 0.3 is 11.9 Å². The van der Waals surface area contributed by atoms with Crippen LogP contribution in [0.5, 0.6) is 0 Å². The molecule has 1 atom stereocenters. The molecule has 104 valence electrons. The van der Waals surface area contributed by atoms with Gasteiger partial charge in [0.25, 0.3) is 5.91 Å². The minimum atomic E-state index is -0.669. The molecule has 2 aliphatic heterocycles. The summed E-state index contributed by atoms with van der Waals surface area (Å²) in [6.07, 6.45) is 0.488. The Morgan fingerprint density at radius 2 is 2.10 bits per heavy atom. The van der Waals surface area contributed by atoms with Gasteiger partial charge in [0.05, 0.1) is 0 Å². The molecule has 0 aliphatic carbocycles. The third kappa shape index (κ3) is 1.84. The second kappa shape index (κ2) is 4.63. The quantitative estimate of drug-likeness (QED) is 0.641. The number of fused-ring (bicyclic) bond motifs is 1. The molecule has 6 nitrogen and oxygen atoms in total. The van der Waals surface area contributed by atoms with Gasteiger partial charge in [-0.25, -0.2) is 4.79 Å². The summed E-state index contributed by atoms with van der Waals surface area (Å²) in [5.74, 6) is -1.34. The van der Waals surface area contributed by atoms with Crippen molar-refractivity contribution < 1.29 is 19.1 Å². The van der Waals surface area contributed by atoms with Gasteiger partial charge < -0.3 is 15.0 Å². The van der Waals surface area contributed by atoms with E-state index >= 15 is 0 Å². The molecule has 3 rings (SSSR count). The Morgan fingerprint density at radius 1 is 1.30 bits per heavy atom. The number of anilines is 1. The lowest BCUT2D eigenvalue weighted by Gasteiger charge is -2.28. The molecule has 1 unspecified atom stereocenters. The van der Waals surface area contributed by atoms with Gasteiger partial charge in [-0.1, -0.05) is 6.07 Å². The van der Waals surface area contributed by atoms with Crippen LogP contribution >= 0.6 is 0 Å². The fourth-order valence-corrected chi connectivity index (χ4v) is 2.73. The summed E-state index contributed by atoms with van der Waals surface area (Å²) in [6.45, 7) is 0.360. The van der Waals surface area contributed by atoms with Crippen molar-refractivity contribution in [1.29, 1.82) is 0 Å². The van der Waals surface area contributed by atoms with E-state index in [1.54, 1.807) is 19.2 Å². The number of hydrogen-bond acceptors (Lipinski definition) is 5. The molecule has 0 spiro atoms. The van der Waals surface area contributed by atoms with Gasteiger partial charge in [0.2, 0.25) is 0 Å². The molecular weight excluding hydrogens is 260 g/mol. The maximum atomic E-state index is 12.4. The molecule has 20 heavy (non-hydrogen) atoms. The van der Waals surface area contributed by atoms with Crippen LogP contribution in [0.1, 0.15) is 28.8 Å². The minimum absolute atomic E-state index is 0.162. The summed E-state index contributed by atoms with van der Waals surface area (Å²) in [7, 11) is 1.79. The van der Waals surface area contributed by atoms with E-state index in [-0.39, 0.29) is 12.3 Å². The molecule has 1 aromatic carbocycles. The van der Waals surface area contributed by atoms with Gasteiger partial charge in [0.15, 0.2) is 0 Å². The molecule has 1 N–H and O–H groups in total. The van der Waals surface area contributed by atoms with Crippen LogP contribution in [0.2, 0.25) is 0 Å². The number of nitrogens with one attached hydrogen (secondary N) is 1. The molecule has 1 aromatic rings. The normalized spacial score (nSPS) is 21.8. The largest absolute Gasteiger partial charge is 0.392 e. The third-order valence-corrected chi connectivity index (χ3v) is 3.75. The number of carbonyl (C=O) groups is 3. The lowest BCUT2D eigenvalue weighted by Crippen LogP contribution is -2.46. The molecule has 0 radical (unpaired) electrons. The summed E-state index contributed by atoms with van der Waals surface area (Å²) in [5.41, 5.74) is 2.35. The van der Waals surface area contributed by atoms with Crippen LogP contribution in [-0.4, -0.2) is 35.8 Å². The maximum absolute atomic E-state index is 12.4. The van der Waals surface area contributed by atoms with Crippen LogP contribution in [0.25, 0.3) is 0 Å². The molecule has 0 saturated carbocycles. The van der Waals surface area contributed by atoms with Crippen molar-refractivity contribution in [1.82, 2.24) is 4.90 Å². The van der Waals surface area contributed by atoms with Gasteiger partial charge in [0, 0.05) is 36.8 Å². The highest BCUT2D eigenvalue weighted by Gasteiger charge is 2.41. The Kier molecular flexibility index (Phi) is 2.93. The lowest BCUT2D eigenvalue weighted by atomic mass is 10.1. The monoisotopic (exact) mass is 274 g/mol. The van der Waals surface area contributed by atoms with Crippen molar-refractivity contribution in [2.45, 2.75) is 25.4 Å². The van der Waals surface area contributed by atoms with Crippen molar-refractivity contribution >= 4 is 23.5 Å².